The Morgan fingerprint density at radius 3 is 2.53 bits per heavy atom. The van der Waals surface area contributed by atoms with Gasteiger partial charge in [0.2, 0.25) is 5.91 Å². The maximum absolute atomic E-state index is 11.1. The number of hydrogen-bond donors (Lipinski definition) is 2. The van der Waals surface area contributed by atoms with E-state index in [0.717, 1.165) is 24.2 Å². The molecule has 2 aromatic rings. The van der Waals surface area contributed by atoms with E-state index in [0.29, 0.717) is 5.56 Å². The summed E-state index contributed by atoms with van der Waals surface area (Å²) in [5, 5.41) is 3.38. The highest BCUT2D eigenvalue weighted by Gasteiger charge is 2.03. The zero-order chi connectivity index (χ0) is 13.7. The summed E-state index contributed by atoms with van der Waals surface area (Å²) in [6.07, 6.45) is 0.970. The van der Waals surface area contributed by atoms with Crippen molar-refractivity contribution < 1.29 is 4.79 Å². The summed E-state index contributed by atoms with van der Waals surface area (Å²) in [5.74, 6) is -0.390. The minimum absolute atomic E-state index is 0.390. The van der Waals surface area contributed by atoms with Crippen LogP contribution in [0.1, 0.15) is 21.5 Å². The highest BCUT2D eigenvalue weighted by Crippen LogP contribution is 2.16. The van der Waals surface area contributed by atoms with Crippen LogP contribution in [0.25, 0.3) is 0 Å². The van der Waals surface area contributed by atoms with Gasteiger partial charge in [-0.1, -0.05) is 30.3 Å². The minimum atomic E-state index is -0.390. The molecule has 3 N–H and O–H groups in total. The van der Waals surface area contributed by atoms with E-state index in [2.05, 4.69) is 17.4 Å². The molecule has 0 unspecified atom stereocenters. The fraction of sp³-hybridized carbons (Fsp3) is 0.188. The Labute approximate surface area is 113 Å². The zero-order valence-electron chi connectivity index (χ0n) is 11.0. The molecule has 2 aromatic carbocycles. The van der Waals surface area contributed by atoms with Gasteiger partial charge < -0.3 is 11.1 Å². The van der Waals surface area contributed by atoms with E-state index in [1.165, 1.54) is 5.56 Å². The molecule has 98 valence electrons. The molecule has 0 heterocycles. The first kappa shape index (κ1) is 13.1. The van der Waals surface area contributed by atoms with Crippen molar-refractivity contribution in [2.75, 3.05) is 11.9 Å². The number of benzene rings is 2. The first-order valence-electron chi connectivity index (χ1n) is 6.35. The van der Waals surface area contributed by atoms with E-state index in [-0.39, 0.29) is 5.91 Å². The highest BCUT2D eigenvalue weighted by molar-refractivity contribution is 5.93. The number of carbonyl (C=O) groups excluding carboxylic acids is 1. The molecule has 0 aromatic heterocycles. The standard InChI is InChI=1S/C16H18N2O/c1-12-11-14(16(17)19)7-8-15(12)18-10-9-13-5-3-2-4-6-13/h2-8,11,18H,9-10H2,1H3,(H2,17,19). The number of amides is 1. The van der Waals surface area contributed by atoms with Crippen molar-refractivity contribution in [3.8, 4) is 0 Å². The number of rotatable bonds is 5. The largest absolute Gasteiger partial charge is 0.384 e. The Bertz CT molecular complexity index is 564. The van der Waals surface area contributed by atoms with Gasteiger partial charge in [-0.05, 0) is 42.7 Å². The van der Waals surface area contributed by atoms with E-state index in [4.69, 9.17) is 5.73 Å². The summed E-state index contributed by atoms with van der Waals surface area (Å²) in [7, 11) is 0. The van der Waals surface area contributed by atoms with Crippen molar-refractivity contribution in [3.63, 3.8) is 0 Å². The molecule has 0 radical (unpaired) electrons. The molecule has 3 nitrogen and oxygen atoms in total. The predicted octanol–water partition coefficient (Wildman–Crippen LogP) is 2.75. The summed E-state index contributed by atoms with van der Waals surface area (Å²) >= 11 is 0. The Kier molecular flexibility index (Phi) is 4.18. The SMILES string of the molecule is Cc1cc(C(N)=O)ccc1NCCc1ccccc1. The van der Waals surface area contributed by atoms with Gasteiger partial charge in [0.1, 0.15) is 0 Å². The maximum Gasteiger partial charge on any atom is 0.248 e. The normalized spacial score (nSPS) is 10.2. The molecule has 0 aliphatic carbocycles. The third-order valence-corrected chi connectivity index (χ3v) is 3.08. The van der Waals surface area contributed by atoms with E-state index in [9.17, 15) is 4.79 Å². The van der Waals surface area contributed by atoms with Gasteiger partial charge in [-0.15, -0.1) is 0 Å². The van der Waals surface area contributed by atoms with Crippen molar-refractivity contribution in [2.45, 2.75) is 13.3 Å². The van der Waals surface area contributed by atoms with E-state index >= 15 is 0 Å². The van der Waals surface area contributed by atoms with Gasteiger partial charge in [0.15, 0.2) is 0 Å². The molecule has 0 bridgehead atoms. The number of aryl methyl sites for hydroxylation is 1. The van der Waals surface area contributed by atoms with Crippen molar-refractivity contribution in [1.29, 1.82) is 0 Å². The molecular weight excluding hydrogens is 236 g/mol. The van der Waals surface area contributed by atoms with Crippen LogP contribution in [0.5, 0.6) is 0 Å². The zero-order valence-corrected chi connectivity index (χ0v) is 11.0. The van der Waals surface area contributed by atoms with Gasteiger partial charge in [0, 0.05) is 17.8 Å². The summed E-state index contributed by atoms with van der Waals surface area (Å²) < 4.78 is 0. The van der Waals surface area contributed by atoms with Crippen LogP contribution in [-0.4, -0.2) is 12.5 Å². The molecule has 19 heavy (non-hydrogen) atoms. The van der Waals surface area contributed by atoms with E-state index in [1.807, 2.05) is 37.3 Å². The van der Waals surface area contributed by atoms with Crippen LogP contribution >= 0.6 is 0 Å². The molecule has 0 aliphatic rings. The third kappa shape index (κ3) is 3.58. The van der Waals surface area contributed by atoms with Crippen LogP contribution in [0.15, 0.2) is 48.5 Å². The number of anilines is 1. The summed E-state index contributed by atoms with van der Waals surface area (Å²) in [5.41, 5.74) is 9.18. The van der Waals surface area contributed by atoms with Crippen LogP contribution in [0, 0.1) is 6.92 Å². The molecule has 0 saturated carbocycles. The van der Waals surface area contributed by atoms with Crippen LogP contribution < -0.4 is 11.1 Å². The van der Waals surface area contributed by atoms with Crippen LogP contribution in [0.3, 0.4) is 0 Å². The Morgan fingerprint density at radius 1 is 1.16 bits per heavy atom. The second kappa shape index (κ2) is 6.05. The number of primary amides is 1. The lowest BCUT2D eigenvalue weighted by molar-refractivity contribution is 0.1000. The maximum atomic E-state index is 11.1. The molecule has 1 amide bonds. The molecule has 3 heteroatoms. The number of hydrogen-bond acceptors (Lipinski definition) is 2. The lowest BCUT2D eigenvalue weighted by atomic mass is 10.1. The fourth-order valence-electron chi connectivity index (χ4n) is 2.00. The van der Waals surface area contributed by atoms with Gasteiger partial charge in [-0.25, -0.2) is 0 Å². The Morgan fingerprint density at radius 2 is 1.89 bits per heavy atom. The van der Waals surface area contributed by atoms with Crippen molar-refractivity contribution in [1.82, 2.24) is 0 Å². The van der Waals surface area contributed by atoms with Crippen LogP contribution in [0.4, 0.5) is 5.69 Å². The minimum Gasteiger partial charge on any atom is -0.384 e. The first-order valence-corrected chi connectivity index (χ1v) is 6.35. The third-order valence-electron chi connectivity index (χ3n) is 3.08. The van der Waals surface area contributed by atoms with Gasteiger partial charge in [-0.2, -0.15) is 0 Å². The second-order valence-electron chi connectivity index (χ2n) is 4.56. The lowest BCUT2D eigenvalue weighted by Gasteiger charge is -2.10. The number of carbonyl (C=O) groups is 1. The van der Waals surface area contributed by atoms with E-state index in [1.54, 1.807) is 6.07 Å². The van der Waals surface area contributed by atoms with Gasteiger partial charge >= 0.3 is 0 Å². The van der Waals surface area contributed by atoms with Gasteiger partial charge in [0.05, 0.1) is 0 Å². The van der Waals surface area contributed by atoms with Crippen molar-refractivity contribution >= 4 is 11.6 Å². The second-order valence-corrected chi connectivity index (χ2v) is 4.56. The number of nitrogens with two attached hydrogens (primary N) is 1. The molecule has 0 aliphatic heterocycles. The number of nitrogens with one attached hydrogen (secondary N) is 1. The van der Waals surface area contributed by atoms with Gasteiger partial charge in [-0.3, -0.25) is 4.79 Å². The molecule has 0 fully saturated rings. The molecule has 0 atom stereocenters. The van der Waals surface area contributed by atoms with Crippen LogP contribution in [0.2, 0.25) is 0 Å². The molecule has 0 spiro atoms. The average molecular weight is 254 g/mol. The van der Waals surface area contributed by atoms with Gasteiger partial charge in [0.25, 0.3) is 0 Å². The summed E-state index contributed by atoms with van der Waals surface area (Å²) in [6.45, 7) is 2.83. The lowest BCUT2D eigenvalue weighted by Crippen LogP contribution is -2.12. The Balaban J connectivity index is 1.95. The topological polar surface area (TPSA) is 55.1 Å². The average Bonchev–Trinajstić information content (AvgIpc) is 2.41. The summed E-state index contributed by atoms with van der Waals surface area (Å²) in [4.78, 5) is 11.1. The fourth-order valence-corrected chi connectivity index (χ4v) is 2.00. The van der Waals surface area contributed by atoms with Crippen molar-refractivity contribution in [3.05, 3.63) is 65.2 Å². The predicted molar refractivity (Wildman–Crippen MR) is 78.3 cm³/mol. The quantitative estimate of drug-likeness (QED) is 0.862. The first-order chi connectivity index (χ1) is 9.16. The highest BCUT2D eigenvalue weighted by atomic mass is 16.1. The Hall–Kier alpha value is -2.29. The van der Waals surface area contributed by atoms with Crippen molar-refractivity contribution in [2.24, 2.45) is 5.73 Å². The van der Waals surface area contributed by atoms with E-state index < -0.39 is 0 Å². The molecule has 2 rings (SSSR count). The monoisotopic (exact) mass is 254 g/mol. The summed E-state index contributed by atoms with van der Waals surface area (Å²) in [6, 6.07) is 15.8. The molecule has 0 saturated heterocycles. The van der Waals surface area contributed by atoms with Crippen LogP contribution in [-0.2, 0) is 6.42 Å². The molecular formula is C16H18N2O. The smallest absolute Gasteiger partial charge is 0.248 e.